The van der Waals surface area contributed by atoms with Crippen molar-refractivity contribution in [3.63, 3.8) is 0 Å². The Balaban J connectivity index is 0. The van der Waals surface area contributed by atoms with Gasteiger partial charge in [0.15, 0.2) is 0 Å². The van der Waals surface area contributed by atoms with Crippen molar-refractivity contribution in [1.29, 1.82) is 0 Å². The molecule has 0 radical (unpaired) electrons. The summed E-state index contributed by atoms with van der Waals surface area (Å²) in [7, 11) is 1.64. The zero-order chi connectivity index (χ0) is 6.83. The van der Waals surface area contributed by atoms with Gasteiger partial charge < -0.3 is 4.99 Å². The van der Waals surface area contributed by atoms with Gasteiger partial charge in [0.1, 0.15) is 0 Å². The Labute approximate surface area is 51.5 Å². The van der Waals surface area contributed by atoms with Crippen LogP contribution in [0.5, 0.6) is 0 Å². The summed E-state index contributed by atoms with van der Waals surface area (Å²) in [4.78, 5) is 3.25. The molecule has 0 bridgehead atoms. The monoisotopic (exact) mass is 111 g/mol. The van der Waals surface area contributed by atoms with Crippen molar-refractivity contribution < 1.29 is 0 Å². The fraction of sp³-hybridized carbons (Fsp3) is 0.286. The standard InChI is InChI=1S/C5H8.C2H5N/c1-3-5-4-2;1-3-2/h3-5H,1H2,2H3;1H2,2H3/b5-4-;. The van der Waals surface area contributed by atoms with Gasteiger partial charge in [-0.1, -0.05) is 24.8 Å². The van der Waals surface area contributed by atoms with Crippen molar-refractivity contribution in [1.82, 2.24) is 0 Å². The van der Waals surface area contributed by atoms with Gasteiger partial charge in [-0.2, -0.15) is 0 Å². The summed E-state index contributed by atoms with van der Waals surface area (Å²) in [5.74, 6) is 0. The molecule has 0 spiro atoms. The van der Waals surface area contributed by atoms with E-state index in [1.807, 2.05) is 19.1 Å². The van der Waals surface area contributed by atoms with E-state index in [1.165, 1.54) is 0 Å². The van der Waals surface area contributed by atoms with Crippen molar-refractivity contribution in [3.05, 3.63) is 24.8 Å². The summed E-state index contributed by atoms with van der Waals surface area (Å²) in [6.07, 6.45) is 5.58. The summed E-state index contributed by atoms with van der Waals surface area (Å²) in [5, 5.41) is 0. The molecule has 0 aromatic carbocycles. The molecular weight excluding hydrogens is 98.1 g/mol. The second-order valence-electron chi connectivity index (χ2n) is 1.08. The Morgan fingerprint density at radius 1 is 1.50 bits per heavy atom. The van der Waals surface area contributed by atoms with Gasteiger partial charge in [0.25, 0.3) is 0 Å². The molecule has 0 rings (SSSR count). The highest BCUT2D eigenvalue weighted by Crippen LogP contribution is 1.64. The van der Waals surface area contributed by atoms with Gasteiger partial charge in [0, 0.05) is 7.05 Å². The maximum atomic E-state index is 3.46. The summed E-state index contributed by atoms with van der Waals surface area (Å²) in [6, 6.07) is 0. The Morgan fingerprint density at radius 2 is 1.88 bits per heavy atom. The predicted molar refractivity (Wildman–Crippen MR) is 40.5 cm³/mol. The van der Waals surface area contributed by atoms with Crippen LogP contribution in [0.1, 0.15) is 6.92 Å². The van der Waals surface area contributed by atoms with Gasteiger partial charge in [-0.15, -0.1) is 0 Å². The van der Waals surface area contributed by atoms with Crippen LogP contribution in [0.4, 0.5) is 0 Å². The number of allylic oxidation sites excluding steroid dienone is 3. The molecule has 46 valence electrons. The number of aliphatic imine (C=N–C) groups is 1. The van der Waals surface area contributed by atoms with E-state index in [9.17, 15) is 0 Å². The Bertz CT molecular complexity index is 72.5. The summed E-state index contributed by atoms with van der Waals surface area (Å²) >= 11 is 0. The van der Waals surface area contributed by atoms with Crippen LogP contribution in [0.2, 0.25) is 0 Å². The van der Waals surface area contributed by atoms with Crippen molar-refractivity contribution in [2.75, 3.05) is 7.05 Å². The molecule has 0 saturated heterocycles. The van der Waals surface area contributed by atoms with E-state index in [1.54, 1.807) is 13.1 Å². The third-order valence-corrected chi connectivity index (χ3v) is 0.329. The highest BCUT2D eigenvalue weighted by molar-refractivity contribution is 5.22. The molecule has 0 aliphatic rings. The molecule has 0 heterocycles. The maximum absolute atomic E-state index is 3.46. The molecule has 0 atom stereocenters. The Kier molecular flexibility index (Phi) is 21.0. The van der Waals surface area contributed by atoms with Crippen molar-refractivity contribution >= 4 is 6.72 Å². The molecule has 0 aromatic rings. The molecular formula is C7H13N. The Morgan fingerprint density at radius 3 is 1.88 bits per heavy atom. The maximum Gasteiger partial charge on any atom is 0.0269 e. The molecule has 0 aliphatic heterocycles. The van der Waals surface area contributed by atoms with Gasteiger partial charge in [-0.05, 0) is 13.6 Å². The lowest BCUT2D eigenvalue weighted by Crippen LogP contribution is -1.33. The SMILES string of the molecule is C=C/C=C\C.C=NC. The summed E-state index contributed by atoms with van der Waals surface area (Å²) in [6.45, 7) is 8.53. The average molecular weight is 111 g/mol. The molecule has 0 aromatic heterocycles. The van der Waals surface area contributed by atoms with Gasteiger partial charge >= 0.3 is 0 Å². The van der Waals surface area contributed by atoms with E-state index in [0.29, 0.717) is 0 Å². The lowest BCUT2D eigenvalue weighted by molar-refractivity contribution is 1.49. The largest absolute Gasteiger partial charge is 0.304 e. The zero-order valence-corrected chi connectivity index (χ0v) is 5.59. The minimum atomic E-state index is 1.64. The van der Waals surface area contributed by atoms with Crippen LogP contribution in [0.25, 0.3) is 0 Å². The predicted octanol–water partition coefficient (Wildman–Crippen LogP) is 2.07. The van der Waals surface area contributed by atoms with Gasteiger partial charge in [0.2, 0.25) is 0 Å². The first kappa shape index (κ1) is 10.2. The fourth-order valence-electron chi connectivity index (χ4n) is 0.136. The van der Waals surface area contributed by atoms with E-state index in [-0.39, 0.29) is 0 Å². The minimum absolute atomic E-state index is 1.64. The molecule has 1 nitrogen and oxygen atoms in total. The number of rotatable bonds is 1. The highest BCUT2D eigenvalue weighted by atomic mass is 14.6. The molecule has 0 saturated carbocycles. The van der Waals surface area contributed by atoms with Crippen molar-refractivity contribution in [2.45, 2.75) is 6.92 Å². The van der Waals surface area contributed by atoms with E-state index in [4.69, 9.17) is 0 Å². The van der Waals surface area contributed by atoms with Crippen molar-refractivity contribution in [3.8, 4) is 0 Å². The lowest BCUT2D eigenvalue weighted by Gasteiger charge is -1.56. The quantitative estimate of drug-likeness (QED) is 0.363. The third kappa shape index (κ3) is 67.1. The van der Waals surface area contributed by atoms with Crippen LogP contribution in [0.15, 0.2) is 29.8 Å². The summed E-state index contributed by atoms with van der Waals surface area (Å²) in [5.41, 5.74) is 0. The zero-order valence-electron chi connectivity index (χ0n) is 5.59. The average Bonchev–Trinajstić information content (AvgIpc) is 1.71. The molecule has 8 heavy (non-hydrogen) atoms. The smallest absolute Gasteiger partial charge is 0.0269 e. The van der Waals surface area contributed by atoms with Crippen LogP contribution < -0.4 is 0 Å². The summed E-state index contributed by atoms with van der Waals surface area (Å²) < 4.78 is 0. The molecule has 0 amide bonds. The second-order valence-corrected chi connectivity index (χ2v) is 1.08. The van der Waals surface area contributed by atoms with E-state index >= 15 is 0 Å². The first-order valence-electron chi connectivity index (χ1n) is 2.42. The van der Waals surface area contributed by atoms with Crippen LogP contribution in [-0.2, 0) is 0 Å². The third-order valence-electron chi connectivity index (χ3n) is 0.329. The van der Waals surface area contributed by atoms with Crippen LogP contribution in [0, 0.1) is 0 Å². The second kappa shape index (κ2) is 16.4. The first-order valence-corrected chi connectivity index (χ1v) is 2.42. The van der Waals surface area contributed by atoms with E-state index in [0.717, 1.165) is 0 Å². The van der Waals surface area contributed by atoms with Gasteiger partial charge in [-0.25, -0.2) is 0 Å². The number of nitrogens with zero attached hydrogens (tertiary/aromatic N) is 1. The van der Waals surface area contributed by atoms with Crippen LogP contribution >= 0.6 is 0 Å². The van der Waals surface area contributed by atoms with Crippen LogP contribution in [0.3, 0.4) is 0 Å². The number of hydrogen-bond acceptors (Lipinski definition) is 1. The van der Waals surface area contributed by atoms with Gasteiger partial charge in [-0.3, -0.25) is 0 Å². The fourth-order valence-corrected chi connectivity index (χ4v) is 0.136. The lowest BCUT2D eigenvalue weighted by atomic mass is 10.5. The molecule has 0 fully saturated rings. The number of hydrogen-bond donors (Lipinski definition) is 0. The first-order chi connectivity index (χ1) is 3.83. The van der Waals surface area contributed by atoms with E-state index < -0.39 is 0 Å². The van der Waals surface area contributed by atoms with Crippen LogP contribution in [-0.4, -0.2) is 13.8 Å². The van der Waals surface area contributed by atoms with Crippen molar-refractivity contribution in [2.24, 2.45) is 4.99 Å². The van der Waals surface area contributed by atoms with Gasteiger partial charge in [0.05, 0.1) is 0 Å². The minimum Gasteiger partial charge on any atom is -0.304 e. The molecule has 1 heteroatoms. The highest BCUT2D eigenvalue weighted by Gasteiger charge is 1.42. The topological polar surface area (TPSA) is 12.4 Å². The molecule has 0 unspecified atom stereocenters. The van der Waals surface area contributed by atoms with E-state index in [2.05, 4.69) is 18.3 Å². The Hall–Kier alpha value is -0.850. The normalized spacial score (nSPS) is 7.25. The molecule has 0 N–H and O–H groups in total. The molecule has 0 aliphatic carbocycles.